The van der Waals surface area contributed by atoms with Crippen molar-refractivity contribution in [1.82, 2.24) is 10.2 Å². The van der Waals surface area contributed by atoms with Gasteiger partial charge in [0.25, 0.3) is 5.91 Å². The molecule has 1 N–H and O–H groups in total. The van der Waals surface area contributed by atoms with E-state index in [4.69, 9.17) is 14.2 Å². The average Bonchev–Trinajstić information content (AvgIpc) is 2.84. The molecule has 34 heavy (non-hydrogen) atoms. The van der Waals surface area contributed by atoms with Crippen molar-refractivity contribution in [3.8, 4) is 17.2 Å². The Morgan fingerprint density at radius 1 is 1.06 bits per heavy atom. The van der Waals surface area contributed by atoms with Gasteiger partial charge in [-0.25, -0.2) is 8.78 Å². The van der Waals surface area contributed by atoms with E-state index in [9.17, 15) is 13.6 Å². The van der Waals surface area contributed by atoms with E-state index >= 15 is 0 Å². The Morgan fingerprint density at radius 2 is 1.71 bits per heavy atom. The number of amides is 1. The van der Waals surface area contributed by atoms with Crippen molar-refractivity contribution in [2.75, 3.05) is 47.5 Å². The fourth-order valence-electron chi connectivity index (χ4n) is 4.21. The molecular weight excluding hydrogens is 442 g/mol. The predicted molar refractivity (Wildman–Crippen MR) is 128 cm³/mol. The quantitative estimate of drug-likeness (QED) is 0.579. The van der Waals surface area contributed by atoms with Gasteiger partial charge in [0, 0.05) is 30.3 Å². The number of ether oxygens (including phenoxy) is 3. The molecule has 1 fully saturated rings. The van der Waals surface area contributed by atoms with Crippen LogP contribution in [0.2, 0.25) is 0 Å². The summed E-state index contributed by atoms with van der Waals surface area (Å²) < 4.78 is 43.7. The number of benzene rings is 2. The molecule has 8 heteroatoms. The number of piperidine rings is 1. The smallest absolute Gasteiger partial charge is 0.254 e. The molecule has 0 aliphatic carbocycles. The number of rotatable bonds is 9. The zero-order chi connectivity index (χ0) is 24.7. The first kappa shape index (κ1) is 25.5. The Hall–Kier alpha value is -3.13. The van der Waals surface area contributed by atoms with Crippen molar-refractivity contribution >= 4 is 12.0 Å². The first-order valence-corrected chi connectivity index (χ1v) is 11.3. The molecule has 184 valence electrons. The molecule has 0 bridgehead atoms. The Balaban J connectivity index is 1.92. The minimum absolute atomic E-state index is 0.190. The third-order valence-electron chi connectivity index (χ3n) is 5.94. The van der Waals surface area contributed by atoms with Gasteiger partial charge in [-0.2, -0.15) is 0 Å². The molecule has 1 aliphatic rings. The van der Waals surface area contributed by atoms with Crippen LogP contribution >= 0.6 is 0 Å². The topological polar surface area (TPSA) is 60.0 Å². The Bertz CT molecular complexity index is 1010. The lowest BCUT2D eigenvalue weighted by atomic mass is 9.96. The second-order valence-electron chi connectivity index (χ2n) is 8.45. The second kappa shape index (κ2) is 11.8. The normalized spacial score (nSPS) is 14.6. The van der Waals surface area contributed by atoms with Gasteiger partial charge in [0.2, 0.25) is 5.75 Å². The maximum absolute atomic E-state index is 14.2. The van der Waals surface area contributed by atoms with Gasteiger partial charge >= 0.3 is 0 Å². The van der Waals surface area contributed by atoms with E-state index in [1.807, 2.05) is 6.92 Å². The van der Waals surface area contributed by atoms with Crippen molar-refractivity contribution in [3.05, 3.63) is 58.7 Å². The van der Waals surface area contributed by atoms with Gasteiger partial charge in [-0.05, 0) is 63.0 Å². The standard InChI is InChI=1S/C26H32F2N2O4/c1-17(11-19-5-6-21(27)14-22(19)28)15-30(16-18-7-9-29-10-8-18)26(31)20-12-23(32-2)25(34-4)24(13-20)33-3/h5-6,11-14,18,29H,7-10,15-16H2,1-4H3. The molecule has 2 aromatic carbocycles. The van der Waals surface area contributed by atoms with Crippen LogP contribution in [0.5, 0.6) is 17.2 Å². The number of halogens is 2. The summed E-state index contributed by atoms with van der Waals surface area (Å²) in [5, 5.41) is 3.34. The number of carbonyl (C=O) groups is 1. The molecule has 0 spiro atoms. The van der Waals surface area contributed by atoms with Crippen LogP contribution in [0.25, 0.3) is 6.08 Å². The SMILES string of the molecule is COc1cc(C(=O)N(CC(C)=Cc2ccc(F)cc2F)CC2CCNCC2)cc(OC)c1OC. The number of hydrogen-bond acceptors (Lipinski definition) is 5. The largest absolute Gasteiger partial charge is 0.493 e. The van der Waals surface area contributed by atoms with Crippen LogP contribution < -0.4 is 19.5 Å². The van der Waals surface area contributed by atoms with Crippen LogP contribution in [0.1, 0.15) is 35.7 Å². The van der Waals surface area contributed by atoms with Crippen LogP contribution in [-0.4, -0.2) is 58.3 Å². The fraction of sp³-hybridized carbons (Fsp3) is 0.423. The van der Waals surface area contributed by atoms with Crippen molar-refractivity contribution in [2.24, 2.45) is 5.92 Å². The summed E-state index contributed by atoms with van der Waals surface area (Å²) in [5.41, 5.74) is 1.46. The van der Waals surface area contributed by atoms with E-state index < -0.39 is 11.6 Å². The molecule has 0 radical (unpaired) electrons. The summed E-state index contributed by atoms with van der Waals surface area (Å²) in [5.74, 6) is 0.0972. The van der Waals surface area contributed by atoms with E-state index in [0.29, 0.717) is 41.8 Å². The average molecular weight is 475 g/mol. The maximum Gasteiger partial charge on any atom is 0.254 e. The molecule has 0 aromatic heterocycles. The second-order valence-corrected chi connectivity index (χ2v) is 8.45. The van der Waals surface area contributed by atoms with Gasteiger partial charge in [-0.1, -0.05) is 11.6 Å². The molecule has 1 amide bonds. The van der Waals surface area contributed by atoms with Gasteiger partial charge in [0.05, 0.1) is 21.3 Å². The molecule has 1 aliphatic heterocycles. The van der Waals surface area contributed by atoms with Crippen LogP contribution in [0.3, 0.4) is 0 Å². The van der Waals surface area contributed by atoms with Crippen LogP contribution in [0, 0.1) is 17.6 Å². The van der Waals surface area contributed by atoms with Gasteiger partial charge in [-0.15, -0.1) is 0 Å². The summed E-state index contributed by atoms with van der Waals surface area (Å²) in [6.07, 6.45) is 3.58. The molecular formula is C26H32F2N2O4. The number of nitrogens with zero attached hydrogens (tertiary/aromatic N) is 1. The molecule has 1 heterocycles. The summed E-state index contributed by atoms with van der Waals surface area (Å²) in [6.45, 7) is 4.52. The number of carbonyl (C=O) groups excluding carboxylic acids is 1. The Labute approximate surface area is 199 Å². The van der Waals surface area contributed by atoms with Crippen LogP contribution in [0.4, 0.5) is 8.78 Å². The fourth-order valence-corrected chi connectivity index (χ4v) is 4.21. The van der Waals surface area contributed by atoms with Crippen molar-refractivity contribution in [3.63, 3.8) is 0 Å². The molecule has 0 atom stereocenters. The maximum atomic E-state index is 14.2. The minimum Gasteiger partial charge on any atom is -0.493 e. The van der Waals surface area contributed by atoms with Crippen LogP contribution in [0.15, 0.2) is 35.9 Å². The van der Waals surface area contributed by atoms with Gasteiger partial charge in [0.1, 0.15) is 11.6 Å². The van der Waals surface area contributed by atoms with Crippen molar-refractivity contribution in [1.29, 1.82) is 0 Å². The van der Waals surface area contributed by atoms with Gasteiger partial charge in [0.15, 0.2) is 11.5 Å². The highest BCUT2D eigenvalue weighted by Crippen LogP contribution is 2.38. The number of nitrogens with one attached hydrogen (secondary N) is 1. The lowest BCUT2D eigenvalue weighted by molar-refractivity contribution is 0.0732. The molecule has 2 aromatic rings. The van der Waals surface area contributed by atoms with Gasteiger partial charge < -0.3 is 24.4 Å². The third kappa shape index (κ3) is 6.26. The Morgan fingerprint density at radius 3 is 2.26 bits per heavy atom. The van der Waals surface area contributed by atoms with E-state index in [1.54, 1.807) is 23.1 Å². The molecule has 0 saturated carbocycles. The minimum atomic E-state index is -0.639. The van der Waals surface area contributed by atoms with Crippen molar-refractivity contribution in [2.45, 2.75) is 19.8 Å². The van der Waals surface area contributed by atoms with E-state index in [-0.39, 0.29) is 11.5 Å². The third-order valence-corrected chi connectivity index (χ3v) is 5.94. The van der Waals surface area contributed by atoms with E-state index in [1.165, 1.54) is 33.5 Å². The highest BCUT2D eigenvalue weighted by molar-refractivity contribution is 5.96. The zero-order valence-corrected chi connectivity index (χ0v) is 20.1. The number of methoxy groups -OCH3 is 3. The monoisotopic (exact) mass is 474 g/mol. The highest BCUT2D eigenvalue weighted by atomic mass is 19.1. The first-order chi connectivity index (χ1) is 16.4. The number of hydrogen-bond donors (Lipinski definition) is 1. The summed E-state index contributed by atoms with van der Waals surface area (Å²) >= 11 is 0. The summed E-state index contributed by atoms with van der Waals surface area (Å²) in [4.78, 5) is 15.4. The van der Waals surface area contributed by atoms with E-state index in [0.717, 1.165) is 37.6 Å². The molecule has 0 unspecified atom stereocenters. The highest BCUT2D eigenvalue weighted by Gasteiger charge is 2.25. The first-order valence-electron chi connectivity index (χ1n) is 11.3. The van der Waals surface area contributed by atoms with Gasteiger partial charge in [-0.3, -0.25) is 4.79 Å². The lowest BCUT2D eigenvalue weighted by Crippen LogP contribution is -2.40. The Kier molecular flexibility index (Phi) is 8.87. The van der Waals surface area contributed by atoms with Crippen LogP contribution in [-0.2, 0) is 0 Å². The predicted octanol–water partition coefficient (Wildman–Crippen LogP) is 4.54. The molecule has 3 rings (SSSR count). The summed E-state index contributed by atoms with van der Waals surface area (Å²) in [7, 11) is 4.51. The van der Waals surface area contributed by atoms with E-state index in [2.05, 4.69) is 5.32 Å². The zero-order valence-electron chi connectivity index (χ0n) is 20.1. The molecule has 1 saturated heterocycles. The summed E-state index contributed by atoms with van der Waals surface area (Å²) in [6, 6.07) is 6.74. The lowest BCUT2D eigenvalue weighted by Gasteiger charge is -2.31. The van der Waals surface area contributed by atoms with Crippen molar-refractivity contribution < 1.29 is 27.8 Å². The molecule has 6 nitrogen and oxygen atoms in total.